The monoisotopic (exact) mass is 748 g/mol. The number of esters is 4. The fourth-order valence-electron chi connectivity index (χ4n) is 6.96. The lowest BCUT2D eigenvalue weighted by atomic mass is 9.50. The van der Waals surface area contributed by atoms with Crippen LogP contribution in [0.4, 0.5) is 26.3 Å². The van der Waals surface area contributed by atoms with Crippen molar-refractivity contribution in [3.63, 3.8) is 0 Å². The molecule has 4 fully saturated rings. The van der Waals surface area contributed by atoms with Crippen LogP contribution in [0.15, 0.2) is 0 Å². The Balaban J connectivity index is 0.000000370. The van der Waals surface area contributed by atoms with Gasteiger partial charge in [0.05, 0.1) is 23.7 Å². The average Bonchev–Trinajstić information content (AvgIpc) is 2.93. The molecule has 0 heterocycles. The Kier molecular flexibility index (Phi) is 13.1. The Morgan fingerprint density at radius 1 is 0.608 bits per heavy atom. The maximum absolute atomic E-state index is 13.1. The molecule has 0 aromatic heterocycles. The van der Waals surface area contributed by atoms with Crippen LogP contribution in [0.1, 0.15) is 127 Å². The van der Waals surface area contributed by atoms with E-state index in [0.717, 1.165) is 25.7 Å². The minimum Gasteiger partial charge on any atom is -0.460 e. The van der Waals surface area contributed by atoms with Crippen LogP contribution in [0, 0.1) is 34.5 Å². The number of halogens is 6. The Labute approximate surface area is 295 Å². The van der Waals surface area contributed by atoms with Crippen molar-refractivity contribution in [3.8, 4) is 0 Å². The van der Waals surface area contributed by atoms with Gasteiger partial charge in [-0.15, -0.1) is 0 Å². The fraction of sp³-hybridized carbons (Fsp3) is 0.886. The van der Waals surface area contributed by atoms with E-state index < -0.39 is 82.7 Å². The van der Waals surface area contributed by atoms with Crippen LogP contribution in [0.25, 0.3) is 0 Å². The quantitative estimate of drug-likeness (QED) is 0.0955. The largest absolute Gasteiger partial charge is 0.460 e. The van der Waals surface area contributed by atoms with Crippen LogP contribution >= 0.6 is 0 Å². The van der Waals surface area contributed by atoms with Crippen LogP contribution < -0.4 is 0 Å². The molecule has 4 unspecified atom stereocenters. The summed E-state index contributed by atoms with van der Waals surface area (Å²) in [4.78, 5) is 48.9. The smallest absolute Gasteiger partial charge is 0.455 e. The van der Waals surface area contributed by atoms with Crippen LogP contribution in [0.5, 0.6) is 0 Å². The van der Waals surface area contributed by atoms with Crippen molar-refractivity contribution in [1.82, 2.24) is 0 Å². The molecule has 2 N–H and O–H groups in total. The molecule has 0 aliphatic heterocycles. The third-order valence-electron chi connectivity index (χ3n) is 10.8. The van der Waals surface area contributed by atoms with E-state index in [2.05, 4.69) is 9.47 Å². The number of ether oxygens (including phenoxy) is 4. The van der Waals surface area contributed by atoms with Gasteiger partial charge in [-0.2, -0.15) is 26.3 Å². The van der Waals surface area contributed by atoms with Crippen molar-refractivity contribution in [3.05, 3.63) is 0 Å². The molecule has 4 aliphatic rings. The molecule has 4 atom stereocenters. The summed E-state index contributed by atoms with van der Waals surface area (Å²) in [5, 5.41) is 18.5. The van der Waals surface area contributed by atoms with E-state index in [0.29, 0.717) is 37.5 Å². The highest BCUT2D eigenvalue weighted by Crippen LogP contribution is 2.60. The van der Waals surface area contributed by atoms with E-state index in [1.807, 2.05) is 6.92 Å². The van der Waals surface area contributed by atoms with E-state index in [4.69, 9.17) is 14.6 Å². The van der Waals surface area contributed by atoms with Crippen molar-refractivity contribution >= 4 is 23.9 Å². The minimum atomic E-state index is -5.13. The molecule has 0 radical (unpaired) electrons. The molecule has 51 heavy (non-hydrogen) atoms. The Morgan fingerprint density at radius 3 is 1.24 bits per heavy atom. The summed E-state index contributed by atoms with van der Waals surface area (Å²) in [6, 6.07) is 0. The second kappa shape index (κ2) is 15.0. The zero-order valence-corrected chi connectivity index (χ0v) is 31.1. The van der Waals surface area contributed by atoms with Gasteiger partial charge in [0.2, 0.25) is 0 Å². The molecule has 0 amide bonds. The van der Waals surface area contributed by atoms with Crippen molar-refractivity contribution in [2.24, 2.45) is 34.5 Å². The van der Waals surface area contributed by atoms with Crippen molar-refractivity contribution in [1.29, 1.82) is 0 Å². The number of hydrogen-bond acceptors (Lipinski definition) is 10. The normalized spacial score (nSPS) is 29.1. The highest BCUT2D eigenvalue weighted by Gasteiger charge is 2.59. The van der Waals surface area contributed by atoms with Crippen molar-refractivity contribution < 1.29 is 74.7 Å². The minimum absolute atomic E-state index is 0.158. The number of rotatable bonds is 11. The number of alkyl halides is 6. The summed E-state index contributed by atoms with van der Waals surface area (Å²) < 4.78 is 95.2. The van der Waals surface area contributed by atoms with Gasteiger partial charge in [-0.3, -0.25) is 19.2 Å². The molecule has 10 nitrogen and oxygen atoms in total. The van der Waals surface area contributed by atoms with E-state index in [1.54, 1.807) is 34.6 Å². The fourth-order valence-corrected chi connectivity index (χ4v) is 6.96. The maximum Gasteiger partial charge on any atom is 0.455 e. The SMILES string of the molecule is CCC(C)(CC(=O)OC(C)(O)C(F)(F)F)C(=O)OC(C)(C)C.CCC(C)(CC(=O)OC(C)(O)C(F)(F)F)C(=O)OC1(C)C2CC3CC(C2)CC1C3. The average molecular weight is 749 g/mol. The molecular weight excluding hydrogens is 694 g/mol. The second-order valence-electron chi connectivity index (χ2n) is 16.5. The predicted molar refractivity (Wildman–Crippen MR) is 169 cm³/mol. The number of aliphatic hydroxyl groups is 2. The summed E-state index contributed by atoms with van der Waals surface area (Å²) in [7, 11) is 0. The van der Waals surface area contributed by atoms with Crippen molar-refractivity contribution in [2.45, 2.75) is 162 Å². The van der Waals surface area contributed by atoms with E-state index in [-0.39, 0.29) is 12.8 Å². The van der Waals surface area contributed by atoms with E-state index in [9.17, 15) is 50.6 Å². The number of carbonyl (C=O) groups is 4. The molecule has 0 spiro atoms. The Morgan fingerprint density at radius 2 is 0.941 bits per heavy atom. The lowest BCUT2D eigenvalue weighted by Crippen LogP contribution is -2.59. The van der Waals surface area contributed by atoms with Gasteiger partial charge >= 0.3 is 47.8 Å². The van der Waals surface area contributed by atoms with Crippen molar-refractivity contribution in [2.75, 3.05) is 0 Å². The van der Waals surface area contributed by atoms with Gasteiger partial charge in [0.15, 0.2) is 0 Å². The number of hydrogen-bond donors (Lipinski definition) is 2. The van der Waals surface area contributed by atoms with Gasteiger partial charge in [-0.05, 0) is 110 Å². The molecular formula is C35H54F6O10. The van der Waals surface area contributed by atoms with Gasteiger partial charge < -0.3 is 29.2 Å². The third kappa shape index (κ3) is 10.7. The predicted octanol–water partition coefficient (Wildman–Crippen LogP) is 7.31. The molecule has 0 saturated heterocycles. The van der Waals surface area contributed by atoms with Gasteiger partial charge in [0.1, 0.15) is 11.2 Å². The lowest BCUT2D eigenvalue weighted by Gasteiger charge is -2.59. The topological polar surface area (TPSA) is 146 Å². The van der Waals surface area contributed by atoms with Gasteiger partial charge in [-0.1, -0.05) is 13.8 Å². The van der Waals surface area contributed by atoms with Crippen LogP contribution in [-0.2, 0) is 38.1 Å². The summed E-state index contributed by atoms with van der Waals surface area (Å²) in [5.41, 5.74) is -4.06. The molecule has 4 saturated carbocycles. The zero-order chi connectivity index (χ0) is 39.8. The lowest BCUT2D eigenvalue weighted by molar-refractivity contribution is -0.343. The summed E-state index contributed by atoms with van der Waals surface area (Å²) >= 11 is 0. The molecule has 296 valence electrons. The van der Waals surface area contributed by atoms with Gasteiger partial charge in [-0.25, -0.2) is 0 Å². The number of carbonyl (C=O) groups excluding carboxylic acids is 4. The Hall–Kier alpha value is -2.62. The first-order valence-electron chi connectivity index (χ1n) is 17.2. The molecule has 4 rings (SSSR count). The molecule has 0 aromatic carbocycles. The first-order chi connectivity index (χ1) is 22.7. The summed E-state index contributed by atoms with van der Waals surface area (Å²) in [5.74, 6) is -9.15. The maximum atomic E-state index is 13.1. The zero-order valence-electron chi connectivity index (χ0n) is 31.1. The van der Waals surface area contributed by atoms with Crippen LogP contribution in [0.2, 0.25) is 0 Å². The molecule has 0 aromatic rings. The van der Waals surface area contributed by atoms with E-state index >= 15 is 0 Å². The standard InChI is InChI=1S/C21H31F3O5.C14H23F3O5/c1-5-18(2,11-16(25)28-20(4,27)21(22,23)24)17(26)29-19(3)14-7-12-6-13(9-14)10-15(19)8-12;1-7-12(5,10(19)22-11(2,3)4)8-9(18)21-13(6,20)14(15,16)17/h12-15,27H,5-11H2,1-4H3;20H,7-8H2,1-6H3. The highest BCUT2D eigenvalue weighted by molar-refractivity contribution is 5.84. The summed E-state index contributed by atoms with van der Waals surface area (Å²) in [6.07, 6.45) is -5.71. The second-order valence-corrected chi connectivity index (χ2v) is 16.5. The van der Waals surface area contributed by atoms with Gasteiger partial charge in [0.25, 0.3) is 0 Å². The first-order valence-corrected chi connectivity index (χ1v) is 17.2. The van der Waals surface area contributed by atoms with Gasteiger partial charge in [0, 0.05) is 13.8 Å². The third-order valence-corrected chi connectivity index (χ3v) is 10.8. The molecule has 16 heteroatoms. The first kappa shape index (κ1) is 44.5. The van der Waals surface area contributed by atoms with Crippen LogP contribution in [0.3, 0.4) is 0 Å². The summed E-state index contributed by atoms with van der Waals surface area (Å²) in [6.45, 7) is 13.7. The van der Waals surface area contributed by atoms with E-state index in [1.165, 1.54) is 20.3 Å². The molecule has 4 aliphatic carbocycles. The Bertz CT molecular complexity index is 1260. The highest BCUT2D eigenvalue weighted by atomic mass is 19.4. The molecule has 4 bridgehead atoms. The van der Waals surface area contributed by atoms with Crippen LogP contribution in [-0.4, -0.2) is 69.2 Å².